The second-order valence-corrected chi connectivity index (χ2v) is 8.33. The average molecular weight is 466 g/mol. The number of amides is 1. The molecule has 0 saturated carbocycles. The van der Waals surface area contributed by atoms with Gasteiger partial charge in [0.15, 0.2) is 0 Å². The van der Waals surface area contributed by atoms with E-state index >= 15 is 0 Å². The van der Waals surface area contributed by atoms with Crippen LogP contribution in [0.15, 0.2) is 84.9 Å². The molecule has 0 bridgehead atoms. The maximum absolute atomic E-state index is 12.7. The summed E-state index contributed by atoms with van der Waals surface area (Å²) in [4.78, 5) is 25.3. The summed E-state index contributed by atoms with van der Waals surface area (Å²) < 4.78 is 15.6. The van der Waals surface area contributed by atoms with Crippen LogP contribution in [-0.2, 0) is 26.6 Å². The van der Waals surface area contributed by atoms with Crippen LogP contribution in [0, 0.1) is 0 Å². The van der Waals surface area contributed by atoms with Crippen LogP contribution in [-0.4, -0.2) is 32.3 Å². The molecule has 0 aliphatic heterocycles. The number of ether oxygens (including phenoxy) is 3. The lowest BCUT2D eigenvalue weighted by Crippen LogP contribution is -2.45. The SMILES string of the molecule is COC(=O)C(NC(=O)OCc1ccccc1)C(SCc1ccc(OC)cc1)c1ccccc1. The molecule has 3 aromatic carbocycles. The highest BCUT2D eigenvalue weighted by Crippen LogP contribution is 2.35. The molecule has 1 N–H and O–H groups in total. The van der Waals surface area contributed by atoms with E-state index in [9.17, 15) is 9.59 Å². The first-order valence-corrected chi connectivity index (χ1v) is 11.5. The minimum atomic E-state index is -0.927. The molecule has 7 heteroatoms. The molecule has 0 saturated heterocycles. The first-order chi connectivity index (χ1) is 16.1. The fraction of sp³-hybridized carbons (Fsp3) is 0.231. The van der Waals surface area contributed by atoms with E-state index in [2.05, 4.69) is 5.32 Å². The summed E-state index contributed by atoms with van der Waals surface area (Å²) in [5.74, 6) is 0.860. The molecule has 0 aliphatic rings. The van der Waals surface area contributed by atoms with Crippen LogP contribution in [0.1, 0.15) is 21.9 Å². The summed E-state index contributed by atoms with van der Waals surface area (Å²) in [5.41, 5.74) is 2.82. The molecular formula is C26H27NO5S. The van der Waals surface area contributed by atoms with Gasteiger partial charge in [-0.3, -0.25) is 0 Å². The second kappa shape index (κ2) is 12.6. The summed E-state index contributed by atoms with van der Waals surface area (Å²) in [7, 11) is 2.93. The van der Waals surface area contributed by atoms with Crippen LogP contribution in [0.2, 0.25) is 0 Å². The monoisotopic (exact) mass is 465 g/mol. The molecule has 1 amide bonds. The van der Waals surface area contributed by atoms with E-state index in [1.165, 1.54) is 18.9 Å². The highest BCUT2D eigenvalue weighted by atomic mass is 32.2. The molecule has 2 atom stereocenters. The topological polar surface area (TPSA) is 73.9 Å². The zero-order valence-electron chi connectivity index (χ0n) is 18.6. The smallest absolute Gasteiger partial charge is 0.408 e. The molecule has 0 fully saturated rings. The number of carbonyl (C=O) groups excluding carboxylic acids is 2. The van der Waals surface area contributed by atoms with E-state index in [1.54, 1.807) is 7.11 Å². The van der Waals surface area contributed by atoms with Crippen molar-refractivity contribution in [1.29, 1.82) is 0 Å². The minimum absolute atomic E-state index is 0.107. The molecule has 0 heterocycles. The number of methoxy groups -OCH3 is 2. The van der Waals surface area contributed by atoms with Gasteiger partial charge in [-0.2, -0.15) is 0 Å². The zero-order chi connectivity index (χ0) is 23.5. The Morgan fingerprint density at radius 3 is 2.09 bits per heavy atom. The Balaban J connectivity index is 1.75. The Hall–Kier alpha value is -3.45. The summed E-state index contributed by atoms with van der Waals surface area (Å²) in [5, 5.41) is 2.33. The molecule has 3 rings (SSSR count). The normalized spacial score (nSPS) is 12.3. The number of nitrogens with one attached hydrogen (secondary N) is 1. The van der Waals surface area contributed by atoms with Crippen molar-refractivity contribution in [2.45, 2.75) is 23.7 Å². The van der Waals surface area contributed by atoms with Crippen LogP contribution >= 0.6 is 11.8 Å². The average Bonchev–Trinajstić information content (AvgIpc) is 2.88. The van der Waals surface area contributed by atoms with Gasteiger partial charge in [0, 0.05) is 5.75 Å². The Morgan fingerprint density at radius 2 is 1.48 bits per heavy atom. The van der Waals surface area contributed by atoms with Gasteiger partial charge >= 0.3 is 12.1 Å². The molecule has 6 nitrogen and oxygen atoms in total. The molecule has 33 heavy (non-hydrogen) atoms. The van der Waals surface area contributed by atoms with Gasteiger partial charge in [0.2, 0.25) is 0 Å². The third-order valence-electron chi connectivity index (χ3n) is 4.96. The Labute approximate surface area is 198 Å². The van der Waals surface area contributed by atoms with Crippen molar-refractivity contribution in [2.24, 2.45) is 0 Å². The van der Waals surface area contributed by atoms with Crippen LogP contribution in [0.3, 0.4) is 0 Å². The van der Waals surface area contributed by atoms with Gasteiger partial charge < -0.3 is 19.5 Å². The first kappa shape index (κ1) is 24.2. The highest BCUT2D eigenvalue weighted by molar-refractivity contribution is 7.98. The predicted molar refractivity (Wildman–Crippen MR) is 129 cm³/mol. The Bertz CT molecular complexity index is 1010. The van der Waals surface area contributed by atoms with Gasteiger partial charge in [-0.05, 0) is 28.8 Å². The standard InChI is InChI=1S/C26H27NO5S/c1-30-22-15-13-20(14-16-22)18-33-24(21-11-7-4-8-12-21)23(25(28)31-2)27-26(29)32-17-19-9-5-3-6-10-19/h3-16,23-24H,17-18H2,1-2H3,(H,27,29). The highest BCUT2D eigenvalue weighted by Gasteiger charge is 2.33. The van der Waals surface area contributed by atoms with Crippen molar-refractivity contribution < 1.29 is 23.8 Å². The number of rotatable bonds is 10. The Morgan fingerprint density at radius 1 is 0.848 bits per heavy atom. The Kier molecular flexibility index (Phi) is 9.20. The number of benzene rings is 3. The minimum Gasteiger partial charge on any atom is -0.497 e. The van der Waals surface area contributed by atoms with Crippen molar-refractivity contribution in [3.8, 4) is 5.75 Å². The summed E-state index contributed by atoms with van der Waals surface area (Å²) in [6, 6.07) is 25.7. The number of carbonyl (C=O) groups is 2. The fourth-order valence-electron chi connectivity index (χ4n) is 3.21. The number of hydrogen-bond donors (Lipinski definition) is 1. The van der Waals surface area contributed by atoms with Crippen LogP contribution in [0.4, 0.5) is 4.79 Å². The third kappa shape index (κ3) is 7.29. The largest absolute Gasteiger partial charge is 0.497 e. The van der Waals surface area contributed by atoms with E-state index in [-0.39, 0.29) is 11.9 Å². The van der Waals surface area contributed by atoms with E-state index < -0.39 is 18.1 Å². The van der Waals surface area contributed by atoms with Crippen molar-refractivity contribution in [3.05, 3.63) is 102 Å². The second-order valence-electron chi connectivity index (χ2n) is 7.20. The van der Waals surface area contributed by atoms with Crippen LogP contribution < -0.4 is 10.1 Å². The van der Waals surface area contributed by atoms with Gasteiger partial charge in [-0.1, -0.05) is 72.8 Å². The van der Waals surface area contributed by atoms with Gasteiger partial charge in [0.25, 0.3) is 0 Å². The van der Waals surface area contributed by atoms with E-state index in [1.807, 2.05) is 84.9 Å². The van der Waals surface area contributed by atoms with Gasteiger partial charge in [0.1, 0.15) is 18.4 Å². The predicted octanol–water partition coefficient (Wildman–Crippen LogP) is 5.14. The first-order valence-electron chi connectivity index (χ1n) is 10.4. The van der Waals surface area contributed by atoms with E-state index in [0.29, 0.717) is 5.75 Å². The van der Waals surface area contributed by atoms with Gasteiger partial charge in [-0.15, -0.1) is 11.8 Å². The third-order valence-corrected chi connectivity index (χ3v) is 6.36. The molecule has 0 spiro atoms. The molecule has 0 aliphatic carbocycles. The lowest BCUT2D eigenvalue weighted by atomic mass is 10.1. The quantitative estimate of drug-likeness (QED) is 0.418. The maximum atomic E-state index is 12.7. The van der Waals surface area contributed by atoms with E-state index in [0.717, 1.165) is 22.4 Å². The van der Waals surface area contributed by atoms with Crippen LogP contribution in [0.5, 0.6) is 5.75 Å². The van der Waals surface area contributed by atoms with E-state index in [4.69, 9.17) is 14.2 Å². The summed E-state index contributed by atoms with van der Waals surface area (Å²) in [6.45, 7) is 0.107. The fourth-order valence-corrected chi connectivity index (χ4v) is 4.50. The van der Waals surface area contributed by atoms with Crippen molar-refractivity contribution >= 4 is 23.8 Å². The van der Waals surface area contributed by atoms with Crippen molar-refractivity contribution in [2.75, 3.05) is 14.2 Å². The van der Waals surface area contributed by atoms with Gasteiger partial charge in [-0.25, -0.2) is 9.59 Å². The number of alkyl carbamates (subject to hydrolysis) is 1. The van der Waals surface area contributed by atoms with Crippen LogP contribution in [0.25, 0.3) is 0 Å². The molecule has 172 valence electrons. The lowest BCUT2D eigenvalue weighted by Gasteiger charge is -2.26. The zero-order valence-corrected chi connectivity index (χ0v) is 19.4. The lowest BCUT2D eigenvalue weighted by molar-refractivity contribution is -0.143. The maximum Gasteiger partial charge on any atom is 0.408 e. The summed E-state index contributed by atoms with van der Waals surface area (Å²) >= 11 is 1.54. The van der Waals surface area contributed by atoms with Crippen molar-refractivity contribution in [3.63, 3.8) is 0 Å². The number of thioether (sulfide) groups is 1. The van der Waals surface area contributed by atoms with Gasteiger partial charge in [0.05, 0.1) is 19.5 Å². The number of hydrogen-bond acceptors (Lipinski definition) is 6. The van der Waals surface area contributed by atoms with Crippen molar-refractivity contribution in [1.82, 2.24) is 5.32 Å². The number of esters is 1. The molecule has 0 radical (unpaired) electrons. The molecule has 2 unspecified atom stereocenters. The molecule has 3 aromatic rings. The molecular weight excluding hydrogens is 438 g/mol. The summed E-state index contributed by atoms with van der Waals surface area (Å²) in [6.07, 6.45) is -0.680. The molecule has 0 aromatic heterocycles.